The van der Waals surface area contributed by atoms with Gasteiger partial charge in [-0.3, -0.25) is 19.0 Å². The summed E-state index contributed by atoms with van der Waals surface area (Å²) in [5, 5.41) is 0. The Kier molecular flexibility index (Phi) is 4.30. The minimum Gasteiger partial charge on any atom is -0.369 e. The molecule has 118 valence electrons. The highest BCUT2D eigenvalue weighted by atomic mass is 16.2. The van der Waals surface area contributed by atoms with Crippen LogP contribution in [0.3, 0.4) is 0 Å². The Morgan fingerprint density at radius 3 is 2.59 bits per heavy atom. The highest BCUT2D eigenvalue weighted by Crippen LogP contribution is 2.16. The lowest BCUT2D eigenvalue weighted by molar-refractivity contribution is -0.125. The van der Waals surface area contributed by atoms with E-state index in [4.69, 9.17) is 5.73 Å². The highest BCUT2D eigenvalue weighted by molar-refractivity contribution is 5.92. The molecule has 0 aromatic carbocycles. The fraction of sp³-hybridized carbons (Fsp3) is 0.429. The van der Waals surface area contributed by atoms with Crippen LogP contribution in [0.5, 0.6) is 0 Å². The van der Waals surface area contributed by atoms with Crippen molar-refractivity contribution >= 4 is 17.9 Å². The molecule has 8 nitrogen and oxygen atoms in total. The average molecular weight is 306 g/mol. The molecule has 2 heterocycles. The second-order valence-corrected chi connectivity index (χ2v) is 5.35. The van der Waals surface area contributed by atoms with Crippen molar-refractivity contribution in [3.05, 3.63) is 38.7 Å². The number of carbonyl (C=O) groups excluding carboxylic acids is 2. The predicted molar refractivity (Wildman–Crippen MR) is 79.8 cm³/mol. The number of likely N-dealkylation sites (tertiary alicyclic amines) is 1. The van der Waals surface area contributed by atoms with Gasteiger partial charge in [0.15, 0.2) is 0 Å². The summed E-state index contributed by atoms with van der Waals surface area (Å²) in [6, 6.07) is 0. The normalized spacial score (nSPS) is 18.1. The Morgan fingerprint density at radius 1 is 1.32 bits per heavy atom. The number of carbonyl (C=O) groups is 2. The van der Waals surface area contributed by atoms with Gasteiger partial charge in [0, 0.05) is 39.5 Å². The van der Waals surface area contributed by atoms with E-state index in [1.165, 1.54) is 41.9 Å². The molecule has 0 aliphatic carbocycles. The van der Waals surface area contributed by atoms with Gasteiger partial charge in [-0.25, -0.2) is 4.79 Å². The van der Waals surface area contributed by atoms with Crippen LogP contribution in [0.4, 0.5) is 0 Å². The maximum Gasteiger partial charge on any atom is 0.330 e. The van der Waals surface area contributed by atoms with Crippen molar-refractivity contribution < 1.29 is 9.59 Å². The molecule has 1 fully saturated rings. The number of nitrogens with two attached hydrogens (primary N) is 1. The highest BCUT2D eigenvalue weighted by Gasteiger charge is 2.28. The van der Waals surface area contributed by atoms with Crippen LogP contribution in [0.15, 0.2) is 21.9 Å². The smallest absolute Gasteiger partial charge is 0.330 e. The van der Waals surface area contributed by atoms with E-state index < -0.39 is 17.2 Å². The number of primary amides is 1. The maximum atomic E-state index is 12.0. The van der Waals surface area contributed by atoms with Crippen LogP contribution in [0, 0.1) is 5.92 Å². The van der Waals surface area contributed by atoms with Gasteiger partial charge in [-0.05, 0) is 12.5 Å². The molecule has 22 heavy (non-hydrogen) atoms. The van der Waals surface area contributed by atoms with Crippen LogP contribution in [0.25, 0.3) is 6.08 Å². The molecule has 2 amide bonds. The fourth-order valence-electron chi connectivity index (χ4n) is 2.41. The molecule has 0 spiro atoms. The van der Waals surface area contributed by atoms with E-state index in [-0.39, 0.29) is 17.4 Å². The van der Waals surface area contributed by atoms with Crippen LogP contribution in [0.2, 0.25) is 0 Å². The number of rotatable bonds is 3. The molecule has 0 radical (unpaired) electrons. The van der Waals surface area contributed by atoms with Gasteiger partial charge in [-0.1, -0.05) is 0 Å². The van der Waals surface area contributed by atoms with Crippen LogP contribution >= 0.6 is 0 Å². The van der Waals surface area contributed by atoms with Gasteiger partial charge < -0.3 is 15.2 Å². The summed E-state index contributed by atoms with van der Waals surface area (Å²) in [6.07, 6.45) is 4.58. The van der Waals surface area contributed by atoms with Crippen LogP contribution < -0.4 is 17.0 Å². The summed E-state index contributed by atoms with van der Waals surface area (Å²) < 4.78 is 2.24. The Balaban J connectivity index is 2.16. The van der Waals surface area contributed by atoms with Gasteiger partial charge in [-0.15, -0.1) is 0 Å². The van der Waals surface area contributed by atoms with Crippen molar-refractivity contribution in [1.29, 1.82) is 0 Å². The lowest BCUT2D eigenvalue weighted by Crippen LogP contribution is -2.37. The van der Waals surface area contributed by atoms with E-state index in [1.54, 1.807) is 0 Å². The molecule has 8 heteroatoms. The summed E-state index contributed by atoms with van der Waals surface area (Å²) in [6.45, 7) is 0.756. The quantitative estimate of drug-likeness (QED) is 0.681. The molecular formula is C14H18N4O4. The molecule has 0 bridgehead atoms. The fourth-order valence-corrected chi connectivity index (χ4v) is 2.41. The largest absolute Gasteiger partial charge is 0.369 e. The third kappa shape index (κ3) is 3.00. The zero-order valence-corrected chi connectivity index (χ0v) is 12.5. The van der Waals surface area contributed by atoms with Gasteiger partial charge >= 0.3 is 5.69 Å². The van der Waals surface area contributed by atoms with Gasteiger partial charge in [0.1, 0.15) is 0 Å². The van der Waals surface area contributed by atoms with E-state index in [0.717, 1.165) is 4.57 Å². The first-order valence-corrected chi connectivity index (χ1v) is 6.84. The van der Waals surface area contributed by atoms with Crippen LogP contribution in [-0.4, -0.2) is 38.9 Å². The standard InChI is InChI=1S/C14H18N4O4/c1-16-7-10(13(21)17(2)14(16)22)3-4-11(19)18-6-5-9(8-18)12(15)20/h3-4,7,9H,5-6,8H2,1-2H3,(H2,15,20). The lowest BCUT2D eigenvalue weighted by Gasteiger charge is -2.13. The molecule has 2 rings (SSSR count). The van der Waals surface area contributed by atoms with Crippen molar-refractivity contribution in [3.63, 3.8) is 0 Å². The Morgan fingerprint density at radius 2 is 2.00 bits per heavy atom. The first-order valence-electron chi connectivity index (χ1n) is 6.84. The lowest BCUT2D eigenvalue weighted by atomic mass is 10.1. The molecule has 1 aromatic rings. The Bertz CT molecular complexity index is 759. The minimum absolute atomic E-state index is 0.239. The molecule has 0 saturated carbocycles. The molecule has 1 aromatic heterocycles. The SMILES string of the molecule is Cn1cc(C=CC(=O)N2CCC(C(N)=O)C2)c(=O)n(C)c1=O. The molecule has 1 aliphatic heterocycles. The molecule has 1 unspecified atom stereocenters. The van der Waals surface area contributed by atoms with E-state index in [0.29, 0.717) is 19.5 Å². The molecule has 1 atom stereocenters. The first-order chi connectivity index (χ1) is 10.3. The zero-order valence-electron chi connectivity index (χ0n) is 12.5. The number of nitrogens with zero attached hydrogens (tertiary/aromatic N) is 3. The monoisotopic (exact) mass is 306 g/mol. The number of amides is 2. The molecule has 1 saturated heterocycles. The van der Waals surface area contributed by atoms with E-state index in [9.17, 15) is 19.2 Å². The van der Waals surface area contributed by atoms with Gasteiger partial charge in [-0.2, -0.15) is 0 Å². The maximum absolute atomic E-state index is 12.0. The summed E-state index contributed by atoms with van der Waals surface area (Å²) in [4.78, 5) is 48.1. The second kappa shape index (κ2) is 6.00. The summed E-state index contributed by atoms with van der Waals surface area (Å²) in [5.41, 5.74) is 4.56. The number of aromatic nitrogens is 2. The Labute approximate surface area is 126 Å². The van der Waals surface area contributed by atoms with E-state index >= 15 is 0 Å². The van der Waals surface area contributed by atoms with Crippen molar-refractivity contribution in [2.24, 2.45) is 25.7 Å². The molecule has 2 N–H and O–H groups in total. The zero-order chi connectivity index (χ0) is 16.4. The van der Waals surface area contributed by atoms with E-state index in [1.807, 2.05) is 0 Å². The van der Waals surface area contributed by atoms with Gasteiger partial charge in [0.25, 0.3) is 5.56 Å². The minimum atomic E-state index is -0.469. The first kappa shape index (κ1) is 15.7. The Hall–Kier alpha value is -2.64. The predicted octanol–water partition coefficient (Wildman–Crippen LogP) is -1.57. The summed E-state index contributed by atoms with van der Waals surface area (Å²) >= 11 is 0. The number of hydrogen-bond acceptors (Lipinski definition) is 4. The molecular weight excluding hydrogens is 288 g/mol. The summed E-state index contributed by atoms with van der Waals surface area (Å²) in [7, 11) is 2.90. The van der Waals surface area contributed by atoms with Crippen LogP contribution in [-0.2, 0) is 23.7 Å². The third-order valence-corrected chi connectivity index (χ3v) is 3.78. The van der Waals surface area contributed by atoms with Crippen molar-refractivity contribution in [2.75, 3.05) is 13.1 Å². The number of aryl methyl sites for hydroxylation is 1. The van der Waals surface area contributed by atoms with Gasteiger partial charge in [0.2, 0.25) is 11.8 Å². The number of hydrogen-bond donors (Lipinski definition) is 1. The third-order valence-electron chi connectivity index (χ3n) is 3.78. The second-order valence-electron chi connectivity index (χ2n) is 5.35. The summed E-state index contributed by atoms with van der Waals surface area (Å²) in [5.74, 6) is -1.02. The average Bonchev–Trinajstić information content (AvgIpc) is 2.97. The molecule has 1 aliphatic rings. The van der Waals surface area contributed by atoms with Gasteiger partial charge in [0.05, 0.1) is 11.5 Å². The van der Waals surface area contributed by atoms with E-state index in [2.05, 4.69) is 0 Å². The van der Waals surface area contributed by atoms with Crippen molar-refractivity contribution in [1.82, 2.24) is 14.0 Å². The van der Waals surface area contributed by atoms with Crippen molar-refractivity contribution in [2.45, 2.75) is 6.42 Å². The van der Waals surface area contributed by atoms with Crippen LogP contribution in [0.1, 0.15) is 12.0 Å². The topological polar surface area (TPSA) is 107 Å². The van der Waals surface area contributed by atoms with Crippen molar-refractivity contribution in [3.8, 4) is 0 Å².